The molecule has 6 aromatic carbocycles. The number of morpholine rings is 2. The van der Waals surface area contributed by atoms with Crippen LogP contribution in [0, 0.1) is 15.2 Å². The Labute approximate surface area is 600 Å². The summed E-state index contributed by atoms with van der Waals surface area (Å²) in [5.74, 6) is -1.37. The Morgan fingerprint density at radius 2 is 0.951 bits per heavy atom. The molecular formula is C79H66F5IN10O5P2. The lowest BCUT2D eigenvalue weighted by Crippen LogP contribution is -2.36. The first kappa shape index (κ1) is 70.4. The van der Waals surface area contributed by atoms with Gasteiger partial charge in [-0.2, -0.15) is 13.2 Å². The zero-order chi connectivity index (χ0) is 70.7. The number of alkyl halides is 3. The number of pyridine rings is 6. The van der Waals surface area contributed by atoms with Gasteiger partial charge >= 0.3 is 12.1 Å². The Hall–Kier alpha value is -9.99. The van der Waals surface area contributed by atoms with Gasteiger partial charge in [0.15, 0.2) is 11.6 Å². The predicted octanol–water partition coefficient (Wildman–Crippen LogP) is 14.9. The van der Waals surface area contributed by atoms with E-state index in [2.05, 4.69) is 217 Å². The smallest absolute Gasteiger partial charge is 0.475 e. The predicted molar refractivity (Wildman–Crippen MR) is 405 cm³/mol. The number of ether oxygens (including phenoxy) is 3. The van der Waals surface area contributed by atoms with Gasteiger partial charge in [-0.05, 0) is 96.1 Å². The number of rotatable bonds is 9. The third kappa shape index (κ3) is 15.6. The minimum Gasteiger partial charge on any atom is -0.475 e. The third-order valence-corrected chi connectivity index (χ3v) is 23.2. The van der Waals surface area contributed by atoms with Crippen molar-refractivity contribution in [3.63, 3.8) is 0 Å². The number of aromatic amines is 2. The lowest BCUT2D eigenvalue weighted by atomic mass is 9.76. The van der Waals surface area contributed by atoms with Gasteiger partial charge in [-0.25, -0.2) is 23.5 Å². The first-order valence-electron chi connectivity index (χ1n) is 32.7. The van der Waals surface area contributed by atoms with Crippen molar-refractivity contribution in [1.82, 2.24) is 45.2 Å². The summed E-state index contributed by atoms with van der Waals surface area (Å²) in [5, 5.41) is 21.5. The second kappa shape index (κ2) is 31.9. The quantitative estimate of drug-likeness (QED) is 0.0607. The van der Waals surface area contributed by atoms with Crippen LogP contribution in [0.2, 0.25) is 0 Å². The van der Waals surface area contributed by atoms with Crippen LogP contribution in [0.4, 0.5) is 27.6 Å². The SMILES string of the molecule is C1COCCN1.CC1(C)c2cccc(P(c3ccccc3)c3ccccc3)c2Oc2c(P(c3ccccc3)c3ccccc3)cccc21.Fc1cnc2[nH]c3cnc(-c4cccnc4)cc3c2c1I.Fc1cnc2[nH]c3cnc(-c4cccnc4)cc3c2c1N1CCOCC1.O=C(O)C(F)(F)F. The molecule has 514 valence electrons. The van der Waals surface area contributed by atoms with Crippen LogP contribution in [0.1, 0.15) is 25.0 Å². The Morgan fingerprint density at radius 1 is 0.529 bits per heavy atom. The molecule has 3 aliphatic rings. The van der Waals surface area contributed by atoms with Crippen LogP contribution < -0.4 is 46.8 Å². The first-order chi connectivity index (χ1) is 49.6. The van der Waals surface area contributed by atoms with Gasteiger partial charge < -0.3 is 39.5 Å². The van der Waals surface area contributed by atoms with Crippen molar-refractivity contribution in [1.29, 1.82) is 0 Å². The summed E-state index contributed by atoms with van der Waals surface area (Å²) in [6.45, 7) is 11.0. The Bertz CT molecular complexity index is 4980. The lowest BCUT2D eigenvalue weighted by Gasteiger charge is -2.38. The topological polar surface area (TPSA) is 189 Å². The number of benzene rings is 6. The van der Waals surface area contributed by atoms with E-state index in [1.54, 1.807) is 37.2 Å². The molecule has 4 N–H and O–H groups in total. The van der Waals surface area contributed by atoms with Gasteiger partial charge in [0, 0.05) is 105 Å². The van der Waals surface area contributed by atoms with Crippen molar-refractivity contribution in [2.75, 3.05) is 57.5 Å². The van der Waals surface area contributed by atoms with Crippen LogP contribution in [-0.2, 0) is 19.7 Å². The zero-order valence-electron chi connectivity index (χ0n) is 55.1. The second-order valence-corrected chi connectivity index (χ2v) is 29.5. The molecule has 2 fully saturated rings. The van der Waals surface area contributed by atoms with Gasteiger partial charge in [0.05, 0.1) is 88.3 Å². The fourth-order valence-corrected chi connectivity index (χ4v) is 17.9. The Morgan fingerprint density at radius 3 is 1.35 bits per heavy atom. The number of aliphatic carboxylic acids is 1. The normalized spacial score (nSPS) is 13.8. The van der Waals surface area contributed by atoms with E-state index in [-0.39, 0.29) is 17.0 Å². The molecule has 0 unspecified atom stereocenters. The number of H-pyrrole nitrogens is 2. The van der Waals surface area contributed by atoms with Crippen LogP contribution in [0.15, 0.2) is 244 Å². The number of carboxylic acids is 1. The van der Waals surface area contributed by atoms with Crippen molar-refractivity contribution in [3.8, 4) is 34.0 Å². The monoisotopic (exact) mass is 1520 g/mol. The number of fused-ring (bicyclic) bond motifs is 8. The molecule has 0 saturated carbocycles. The molecule has 102 heavy (non-hydrogen) atoms. The van der Waals surface area contributed by atoms with E-state index in [9.17, 15) is 22.0 Å². The summed E-state index contributed by atoms with van der Waals surface area (Å²) in [7, 11) is -1.65. The number of carbonyl (C=O) groups is 1. The number of nitrogens with one attached hydrogen (secondary N) is 3. The minimum atomic E-state index is -5.08. The van der Waals surface area contributed by atoms with Crippen LogP contribution in [0.5, 0.6) is 11.5 Å². The fourth-order valence-electron chi connectivity index (χ4n) is 12.4. The number of para-hydroxylation sites is 2. The fraction of sp³-hybridized carbons (Fsp3) is 0.152. The number of hydrogen-bond acceptors (Lipinski definition) is 12. The van der Waals surface area contributed by atoms with Gasteiger partial charge in [-0.15, -0.1) is 0 Å². The molecule has 23 heteroatoms. The maximum Gasteiger partial charge on any atom is 0.490 e. The average Bonchev–Trinajstić information content (AvgIpc) is 0.868. The summed E-state index contributed by atoms with van der Waals surface area (Å²) >= 11 is 2.01. The van der Waals surface area contributed by atoms with E-state index in [1.807, 2.05) is 63.9 Å². The highest BCUT2D eigenvalue weighted by Gasteiger charge is 2.40. The molecule has 3 aliphatic heterocycles. The Kier molecular flexibility index (Phi) is 22.0. The number of nitrogens with zero attached hydrogens (tertiary/aromatic N) is 7. The summed E-state index contributed by atoms with van der Waals surface area (Å²) in [4.78, 5) is 42.9. The molecule has 0 bridgehead atoms. The molecule has 0 radical (unpaired) electrons. The van der Waals surface area contributed by atoms with Gasteiger partial charge in [-0.3, -0.25) is 19.9 Å². The van der Waals surface area contributed by atoms with Crippen molar-refractivity contribution in [3.05, 3.63) is 270 Å². The number of halogens is 6. The lowest BCUT2D eigenvalue weighted by molar-refractivity contribution is -0.192. The maximum absolute atomic E-state index is 14.7. The average molecular weight is 1520 g/mol. The van der Waals surface area contributed by atoms with Crippen molar-refractivity contribution < 1.29 is 46.1 Å². The molecule has 8 aromatic heterocycles. The number of carboxylic acid groups (broad SMARTS) is 1. The highest BCUT2D eigenvalue weighted by molar-refractivity contribution is 14.1. The molecule has 0 amide bonds. The van der Waals surface area contributed by atoms with E-state index in [1.165, 1.54) is 55.3 Å². The van der Waals surface area contributed by atoms with Crippen molar-refractivity contribution in [2.24, 2.45) is 0 Å². The molecule has 0 atom stereocenters. The number of anilines is 1. The van der Waals surface area contributed by atoms with E-state index in [4.69, 9.17) is 24.1 Å². The van der Waals surface area contributed by atoms with Gasteiger partial charge in [-0.1, -0.05) is 172 Å². The molecule has 0 aliphatic carbocycles. The first-order valence-corrected chi connectivity index (χ1v) is 36.4. The third-order valence-electron chi connectivity index (χ3n) is 17.2. The van der Waals surface area contributed by atoms with Gasteiger partial charge in [0.2, 0.25) is 0 Å². The van der Waals surface area contributed by atoms with E-state index < -0.39 is 28.0 Å². The summed E-state index contributed by atoms with van der Waals surface area (Å²) in [5.41, 5.74) is 9.28. The van der Waals surface area contributed by atoms with Crippen LogP contribution >= 0.6 is 38.4 Å². The highest BCUT2D eigenvalue weighted by atomic mass is 127. The van der Waals surface area contributed by atoms with Crippen molar-refractivity contribution >= 4 is 126 Å². The zero-order valence-corrected chi connectivity index (χ0v) is 59.1. The number of aromatic nitrogens is 8. The molecule has 0 spiro atoms. The van der Waals surface area contributed by atoms with Gasteiger partial charge in [0.25, 0.3) is 0 Å². The maximum atomic E-state index is 14.7. The highest BCUT2D eigenvalue weighted by Crippen LogP contribution is 2.52. The molecule has 17 rings (SSSR count). The summed E-state index contributed by atoms with van der Waals surface area (Å²) in [6, 6.07) is 68.7. The molecule has 15 nitrogen and oxygen atoms in total. The van der Waals surface area contributed by atoms with Crippen molar-refractivity contribution in [2.45, 2.75) is 25.4 Å². The summed E-state index contributed by atoms with van der Waals surface area (Å²) in [6.07, 6.45) is 7.90. The van der Waals surface area contributed by atoms with E-state index >= 15 is 0 Å². The molecule has 11 heterocycles. The standard InChI is InChI=1S/C39H32OP2.C19H16FN5O.C15H8FIN4.C4H9NO.C2HF3O2/c1-39(2)33-25-15-27-35(41(29-17-7-3-8-18-29)30-19-9-4-10-20-30)37(33)40-38-34(39)26-16-28-36(38)42(31-21-11-5-12-22-31)32-23-13-6-14-24-32;20-14-10-23-19-17(18(14)25-4-6-26-7-5-25)13-8-15(22-11-16(13)24-19)12-2-1-3-21-9-12;16-10-6-20-15-13(14(10)17)9-4-11(19-7-12(9)21-15)8-2-1-3-18-5-8;1-3-6-4-2-5-1;3-2(4,5)1(6)7/h3-28H,1-2H3;1-3,8-11H,4-7H2,(H,23,24);1-7H,(H,20,21);5H,1-4H2;(H,6,7). The largest absolute Gasteiger partial charge is 0.490 e. The van der Waals surface area contributed by atoms with Crippen LogP contribution in [0.25, 0.3) is 66.4 Å². The second-order valence-electron chi connectivity index (χ2n) is 24.1. The van der Waals surface area contributed by atoms with Crippen LogP contribution in [-0.4, -0.2) is 110 Å². The minimum absolute atomic E-state index is 0.225. The molecular weight excluding hydrogens is 1450 g/mol. The molecule has 2 saturated heterocycles. The molecule has 14 aromatic rings. The van der Waals surface area contributed by atoms with Crippen LogP contribution in [0.3, 0.4) is 0 Å². The van der Waals surface area contributed by atoms with E-state index in [0.717, 1.165) is 92.9 Å². The summed E-state index contributed by atoms with van der Waals surface area (Å²) < 4.78 is 78.5. The van der Waals surface area contributed by atoms with Gasteiger partial charge in [0.1, 0.15) is 22.8 Å². The Balaban J connectivity index is 0.000000132. The number of hydrogen-bond donors (Lipinski definition) is 4. The van der Waals surface area contributed by atoms with E-state index in [0.29, 0.717) is 46.9 Å².